The van der Waals surface area contributed by atoms with Crippen LogP contribution >= 0.6 is 0 Å². The van der Waals surface area contributed by atoms with Crippen molar-refractivity contribution in [1.82, 2.24) is 10.4 Å². The number of hydrogen-bond acceptors (Lipinski definition) is 4. The summed E-state index contributed by atoms with van der Waals surface area (Å²) in [6, 6.07) is 8.03. The van der Waals surface area contributed by atoms with E-state index in [4.69, 9.17) is 0 Å². The van der Waals surface area contributed by atoms with Crippen molar-refractivity contribution in [2.75, 3.05) is 5.12 Å². The van der Waals surface area contributed by atoms with Crippen molar-refractivity contribution < 1.29 is 4.79 Å². The Morgan fingerprint density at radius 2 is 2.11 bits per heavy atom. The fourth-order valence-corrected chi connectivity index (χ4v) is 2.01. The zero-order valence-electron chi connectivity index (χ0n) is 10.9. The number of allylic oxidation sites excluding steroid dienone is 2. The highest BCUT2D eigenvalue weighted by Crippen LogP contribution is 2.26. The molecule has 0 atom stereocenters. The van der Waals surface area contributed by atoms with Crippen molar-refractivity contribution in [3.05, 3.63) is 54.0 Å². The van der Waals surface area contributed by atoms with Gasteiger partial charge < -0.3 is 0 Å². The second kappa shape index (κ2) is 4.56. The lowest BCUT2D eigenvalue weighted by Crippen LogP contribution is -2.41. The lowest BCUT2D eigenvalue weighted by atomic mass is 10.2. The fourth-order valence-electron chi connectivity index (χ4n) is 2.01. The van der Waals surface area contributed by atoms with Crippen LogP contribution in [0.5, 0.6) is 0 Å². The molecular weight excluding hydrogens is 226 g/mol. The van der Waals surface area contributed by atoms with Gasteiger partial charge in [0.05, 0.1) is 11.4 Å². The molecule has 4 nitrogen and oxygen atoms in total. The van der Waals surface area contributed by atoms with Crippen molar-refractivity contribution in [1.29, 1.82) is 0 Å². The molecule has 1 N–H and O–H groups in total. The van der Waals surface area contributed by atoms with Crippen LogP contribution in [-0.2, 0) is 4.79 Å². The summed E-state index contributed by atoms with van der Waals surface area (Å²) >= 11 is 0. The number of ketones is 1. The Morgan fingerprint density at radius 3 is 2.67 bits per heavy atom. The van der Waals surface area contributed by atoms with Crippen LogP contribution in [0.1, 0.15) is 19.4 Å². The summed E-state index contributed by atoms with van der Waals surface area (Å²) in [5.41, 5.74) is 6.67. The van der Waals surface area contributed by atoms with Crippen LogP contribution in [0.25, 0.3) is 0 Å². The Kier molecular flexibility index (Phi) is 3.10. The third-order valence-electron chi connectivity index (χ3n) is 2.91. The molecule has 1 aromatic rings. The number of benzene rings is 1. The van der Waals surface area contributed by atoms with Gasteiger partial charge >= 0.3 is 0 Å². The molecule has 18 heavy (non-hydrogen) atoms. The van der Waals surface area contributed by atoms with Gasteiger partial charge in [-0.2, -0.15) is 5.12 Å². The van der Waals surface area contributed by atoms with Crippen molar-refractivity contribution in [3.8, 4) is 0 Å². The lowest BCUT2D eigenvalue weighted by molar-refractivity contribution is -0.113. The molecule has 0 unspecified atom stereocenters. The molecule has 1 aliphatic rings. The van der Waals surface area contributed by atoms with Crippen LogP contribution in [0.2, 0.25) is 0 Å². The first-order valence-corrected chi connectivity index (χ1v) is 5.81. The minimum absolute atomic E-state index is 0.00880. The summed E-state index contributed by atoms with van der Waals surface area (Å²) in [5, 5.41) is 3.64. The topological polar surface area (TPSA) is 35.6 Å². The number of rotatable bonds is 3. The molecule has 1 heterocycles. The molecule has 0 fully saturated rings. The lowest BCUT2D eigenvalue weighted by Gasteiger charge is -2.29. The summed E-state index contributed by atoms with van der Waals surface area (Å²) in [7, 11) is 0. The first kappa shape index (κ1) is 12.2. The summed E-state index contributed by atoms with van der Waals surface area (Å²) in [6.45, 7) is 9.25. The largest absolute Gasteiger partial charge is 0.293 e. The highest BCUT2D eigenvalue weighted by Gasteiger charge is 2.27. The fraction of sp³-hybridized carbons (Fsp3) is 0.214. The summed E-state index contributed by atoms with van der Waals surface area (Å²) in [4.78, 5) is 11.6. The van der Waals surface area contributed by atoms with E-state index >= 15 is 0 Å². The van der Waals surface area contributed by atoms with Crippen LogP contribution in [0.3, 0.4) is 0 Å². The van der Waals surface area contributed by atoms with E-state index in [1.807, 2.05) is 48.2 Å². The maximum Gasteiger partial charge on any atom is 0.179 e. The van der Waals surface area contributed by atoms with Crippen molar-refractivity contribution in [2.45, 2.75) is 20.8 Å². The zero-order valence-corrected chi connectivity index (χ0v) is 10.9. The first-order chi connectivity index (χ1) is 8.54. The summed E-state index contributed by atoms with van der Waals surface area (Å²) in [6.07, 6.45) is 1.68. The number of hydrazine groups is 2. The smallest absolute Gasteiger partial charge is 0.179 e. The number of aryl methyl sites for hydroxylation is 1. The van der Waals surface area contributed by atoms with Crippen molar-refractivity contribution >= 4 is 11.5 Å². The van der Waals surface area contributed by atoms with Gasteiger partial charge in [0.1, 0.15) is 5.70 Å². The van der Waals surface area contributed by atoms with Crippen LogP contribution in [-0.4, -0.2) is 10.8 Å². The third kappa shape index (κ3) is 1.97. The van der Waals surface area contributed by atoms with E-state index in [0.717, 1.165) is 16.9 Å². The number of nitrogens with zero attached hydrogens (tertiary/aromatic N) is 2. The van der Waals surface area contributed by atoms with E-state index in [0.29, 0.717) is 5.70 Å². The summed E-state index contributed by atoms with van der Waals surface area (Å²) in [5.74, 6) is 0.00880. The monoisotopic (exact) mass is 243 g/mol. The van der Waals surface area contributed by atoms with Crippen molar-refractivity contribution in [3.63, 3.8) is 0 Å². The maximum absolute atomic E-state index is 11.6. The predicted octanol–water partition coefficient (Wildman–Crippen LogP) is 2.50. The number of hydrogen-bond donors (Lipinski definition) is 1. The molecule has 0 aromatic heterocycles. The maximum atomic E-state index is 11.6. The Bertz CT molecular complexity index is 534. The molecule has 0 spiro atoms. The van der Waals surface area contributed by atoms with Gasteiger partial charge in [-0.1, -0.05) is 18.7 Å². The standard InChI is InChI=1S/C14H17N3O/c1-5-16-11(3)14(12(4)18)15-17(16)13-8-6-7-10(2)9-13/h5-9,15H,1H2,2-4H3. The van der Waals surface area contributed by atoms with E-state index in [9.17, 15) is 4.79 Å². The van der Waals surface area contributed by atoms with Gasteiger partial charge in [0.25, 0.3) is 0 Å². The SMILES string of the molecule is C=CN1C(C)=C(C(C)=O)NN1c1cccc(C)c1. The normalized spacial score (nSPS) is 14.8. The minimum Gasteiger partial charge on any atom is -0.293 e. The van der Waals surface area contributed by atoms with Gasteiger partial charge in [-0.05, 0) is 31.5 Å². The van der Waals surface area contributed by atoms with Crippen LogP contribution in [0, 0.1) is 6.92 Å². The van der Waals surface area contributed by atoms with E-state index in [1.54, 1.807) is 13.1 Å². The molecule has 4 heteroatoms. The Balaban J connectivity index is 2.38. The average Bonchev–Trinajstić information content (AvgIpc) is 2.66. The highest BCUT2D eigenvalue weighted by atomic mass is 16.1. The molecule has 1 aliphatic heterocycles. The second-order valence-electron chi connectivity index (χ2n) is 4.31. The Labute approximate surface area is 107 Å². The van der Waals surface area contributed by atoms with Gasteiger partial charge in [0.15, 0.2) is 5.78 Å². The van der Waals surface area contributed by atoms with Crippen LogP contribution in [0.4, 0.5) is 5.69 Å². The molecule has 0 aliphatic carbocycles. The molecule has 1 aromatic carbocycles. The molecule has 0 amide bonds. The third-order valence-corrected chi connectivity index (χ3v) is 2.91. The molecule has 0 saturated carbocycles. The van der Waals surface area contributed by atoms with Crippen LogP contribution in [0.15, 0.2) is 48.4 Å². The predicted molar refractivity (Wildman–Crippen MR) is 72.2 cm³/mol. The first-order valence-electron chi connectivity index (χ1n) is 5.81. The van der Waals surface area contributed by atoms with E-state index < -0.39 is 0 Å². The molecule has 94 valence electrons. The number of nitrogens with one attached hydrogen (secondary N) is 1. The van der Waals surface area contributed by atoms with Gasteiger partial charge in [-0.25, -0.2) is 5.01 Å². The number of carbonyl (C=O) groups excluding carboxylic acids is 1. The molecule has 0 saturated heterocycles. The number of anilines is 1. The summed E-state index contributed by atoms with van der Waals surface area (Å²) < 4.78 is 0. The van der Waals surface area contributed by atoms with Gasteiger partial charge in [0, 0.05) is 13.1 Å². The van der Waals surface area contributed by atoms with Gasteiger partial charge in [-0.15, -0.1) is 0 Å². The Morgan fingerprint density at radius 1 is 1.39 bits per heavy atom. The van der Waals surface area contributed by atoms with Gasteiger partial charge in [0.2, 0.25) is 0 Å². The quantitative estimate of drug-likeness (QED) is 0.884. The highest BCUT2D eigenvalue weighted by molar-refractivity contribution is 5.94. The molecule has 2 rings (SSSR count). The average molecular weight is 243 g/mol. The molecular formula is C14H17N3O. The minimum atomic E-state index is 0.00880. The van der Waals surface area contributed by atoms with E-state index in [2.05, 4.69) is 12.0 Å². The second-order valence-corrected chi connectivity index (χ2v) is 4.31. The molecule has 0 bridgehead atoms. The van der Waals surface area contributed by atoms with Crippen molar-refractivity contribution in [2.24, 2.45) is 0 Å². The van der Waals surface area contributed by atoms with E-state index in [-0.39, 0.29) is 5.78 Å². The Hall–Kier alpha value is -2.23. The van der Waals surface area contributed by atoms with Gasteiger partial charge in [-0.3, -0.25) is 10.2 Å². The van der Waals surface area contributed by atoms with E-state index in [1.165, 1.54) is 0 Å². The number of Topliss-reactive ketones (excluding diaryl/α,β-unsaturated/α-hetero) is 1. The number of carbonyl (C=O) groups is 1. The zero-order chi connectivity index (χ0) is 13.3. The molecule has 0 radical (unpaired) electrons. The van der Waals surface area contributed by atoms with Crippen LogP contribution < -0.4 is 10.5 Å².